The van der Waals surface area contributed by atoms with Crippen LogP contribution in [0.15, 0.2) is 121 Å². The highest BCUT2D eigenvalue weighted by atomic mass is 32.1. The number of fused-ring (bicyclic) bond motifs is 2. The number of rotatable bonds is 6. The Morgan fingerprint density at radius 1 is 0.587 bits per heavy atom. The highest BCUT2D eigenvalue weighted by molar-refractivity contribution is 7.15. The molecule has 0 saturated carbocycles. The highest BCUT2D eigenvalue weighted by Gasteiger charge is 2.18. The van der Waals surface area contributed by atoms with E-state index in [2.05, 4.69) is 168 Å². The fourth-order valence-corrected chi connectivity index (χ4v) is 6.95. The molecule has 3 heteroatoms. The number of hydrogen-bond acceptors (Lipinski definition) is 3. The lowest BCUT2D eigenvalue weighted by atomic mass is 9.95. The molecule has 46 heavy (non-hydrogen) atoms. The Morgan fingerprint density at radius 2 is 1.13 bits per heavy atom. The molecule has 0 atom stereocenters. The van der Waals surface area contributed by atoms with Crippen molar-refractivity contribution >= 4 is 45.3 Å². The van der Waals surface area contributed by atoms with Crippen LogP contribution in [0.25, 0.3) is 66.8 Å². The van der Waals surface area contributed by atoms with Crippen LogP contribution < -0.4 is 0 Å². The molecule has 0 unspecified atom stereocenters. The van der Waals surface area contributed by atoms with Crippen molar-refractivity contribution in [2.75, 3.05) is 0 Å². The molecule has 2 nitrogen and oxygen atoms in total. The van der Waals surface area contributed by atoms with Crippen LogP contribution in [-0.4, -0.2) is 9.97 Å². The van der Waals surface area contributed by atoms with Crippen LogP contribution in [0.5, 0.6) is 0 Å². The molecule has 3 aromatic heterocycles. The zero-order valence-corrected chi connectivity index (χ0v) is 27.9. The maximum absolute atomic E-state index is 5.16. The predicted molar refractivity (Wildman–Crippen MR) is 199 cm³/mol. The molecular weight excluding hydrogens is 577 g/mol. The summed E-state index contributed by atoms with van der Waals surface area (Å²) in [6.07, 6.45) is 4.41. The number of hydrogen-bond donors (Lipinski definition) is 0. The number of thiophene rings is 1. The molecule has 4 aromatic carbocycles. The van der Waals surface area contributed by atoms with Gasteiger partial charge in [0.2, 0.25) is 0 Å². The monoisotopic (exact) mass is 614 g/mol. The fraction of sp³-hybridized carbons (Fsp3) is 0.163. The van der Waals surface area contributed by atoms with Crippen LogP contribution in [0.3, 0.4) is 0 Å². The molecule has 3 heterocycles. The summed E-state index contributed by atoms with van der Waals surface area (Å²) in [7, 11) is 0. The average molecular weight is 615 g/mol. The Kier molecular flexibility index (Phi) is 7.88. The minimum atomic E-state index is 0.116. The van der Waals surface area contributed by atoms with Crippen molar-refractivity contribution in [1.82, 2.24) is 9.97 Å². The second-order valence-corrected chi connectivity index (χ2v) is 14.4. The predicted octanol–water partition coefficient (Wildman–Crippen LogP) is 12.4. The van der Waals surface area contributed by atoms with Crippen LogP contribution in [0, 0.1) is 0 Å². The quantitative estimate of drug-likeness (QED) is 0.174. The normalized spacial score (nSPS) is 12.1. The van der Waals surface area contributed by atoms with Crippen LogP contribution >= 0.6 is 11.3 Å². The maximum atomic E-state index is 5.16. The third kappa shape index (κ3) is 6.03. The second-order valence-electron chi connectivity index (χ2n) is 13.3. The third-order valence-corrected chi connectivity index (χ3v) is 10.0. The van der Waals surface area contributed by atoms with Gasteiger partial charge in [0.25, 0.3) is 0 Å². The topological polar surface area (TPSA) is 25.8 Å². The zero-order valence-electron chi connectivity index (χ0n) is 27.1. The largest absolute Gasteiger partial charge is 0.253 e. The van der Waals surface area contributed by atoms with Crippen molar-refractivity contribution in [2.45, 2.75) is 46.0 Å². The lowest BCUT2D eigenvalue weighted by molar-refractivity contribution is 0.604. The first-order valence-electron chi connectivity index (χ1n) is 16.0. The number of aromatic nitrogens is 2. The number of nitrogens with zero attached hydrogens (tertiary/aromatic N) is 2. The first-order chi connectivity index (χ1) is 22.2. The van der Waals surface area contributed by atoms with Crippen LogP contribution in [-0.2, 0) is 5.41 Å². The van der Waals surface area contributed by atoms with E-state index in [4.69, 9.17) is 9.97 Å². The molecule has 0 N–H and O–H groups in total. The summed E-state index contributed by atoms with van der Waals surface area (Å²) in [5.74, 6) is 0.358. The third-order valence-electron chi connectivity index (χ3n) is 8.51. The van der Waals surface area contributed by atoms with Gasteiger partial charge >= 0.3 is 0 Å². The van der Waals surface area contributed by atoms with E-state index in [1.54, 1.807) is 0 Å². The summed E-state index contributed by atoms with van der Waals surface area (Å²) < 4.78 is 0. The maximum Gasteiger partial charge on any atom is 0.0815 e. The summed E-state index contributed by atoms with van der Waals surface area (Å²) >= 11 is 1.84. The molecule has 0 aliphatic rings. The van der Waals surface area contributed by atoms with E-state index in [1.807, 2.05) is 11.3 Å². The summed E-state index contributed by atoms with van der Waals surface area (Å²) in [4.78, 5) is 12.7. The molecule has 7 aromatic rings. The summed E-state index contributed by atoms with van der Waals surface area (Å²) in [5.41, 5.74) is 11.4. The Bertz CT molecular complexity index is 2200. The zero-order chi connectivity index (χ0) is 31.8. The Balaban J connectivity index is 1.29. The fourth-order valence-electron chi connectivity index (χ4n) is 5.92. The molecule has 0 saturated heterocycles. The van der Waals surface area contributed by atoms with Gasteiger partial charge in [-0.2, -0.15) is 0 Å². The van der Waals surface area contributed by atoms with Gasteiger partial charge in [-0.25, -0.2) is 4.98 Å². The van der Waals surface area contributed by atoms with Crippen molar-refractivity contribution < 1.29 is 0 Å². The number of pyridine rings is 2. The van der Waals surface area contributed by atoms with Gasteiger partial charge in [-0.1, -0.05) is 120 Å². The van der Waals surface area contributed by atoms with Crippen molar-refractivity contribution in [3.63, 3.8) is 0 Å². The van der Waals surface area contributed by atoms with Crippen molar-refractivity contribution in [1.29, 1.82) is 0 Å². The summed E-state index contributed by atoms with van der Waals surface area (Å²) in [6, 6.07) is 43.5. The van der Waals surface area contributed by atoms with Crippen LogP contribution in [0.4, 0.5) is 0 Å². The number of benzene rings is 4. The van der Waals surface area contributed by atoms with Gasteiger partial charge in [-0.15, -0.1) is 11.3 Å². The van der Waals surface area contributed by atoms with E-state index < -0.39 is 0 Å². The van der Waals surface area contributed by atoms with E-state index >= 15 is 0 Å². The van der Waals surface area contributed by atoms with Gasteiger partial charge in [-0.3, -0.25) is 4.98 Å². The Labute approximate surface area is 276 Å². The van der Waals surface area contributed by atoms with E-state index in [0.717, 1.165) is 38.9 Å². The molecule has 0 bridgehead atoms. The molecular formula is C43H38N2S. The smallest absolute Gasteiger partial charge is 0.0815 e. The van der Waals surface area contributed by atoms with Crippen LogP contribution in [0.2, 0.25) is 0 Å². The first kappa shape index (κ1) is 29.8. The summed E-state index contributed by atoms with van der Waals surface area (Å²) in [5, 5.41) is 2.32. The standard InChI is InChI=1S/C43H38N2S/c1-28(2)39-26-33(31-12-8-6-9-13-31)35-24-29(18-20-37(35)44-39)16-17-30-19-21-38-36(25-30)34(32-14-10-7-11-15-32)27-40(45-38)41-22-23-42(46-41)43(3,4)5/h6-28H,1-5H3/b17-16+. The van der Waals surface area contributed by atoms with Gasteiger partial charge < -0.3 is 0 Å². The Morgan fingerprint density at radius 3 is 1.65 bits per heavy atom. The van der Waals surface area contributed by atoms with E-state index in [1.165, 1.54) is 37.4 Å². The second kappa shape index (κ2) is 12.2. The molecule has 0 fully saturated rings. The van der Waals surface area contributed by atoms with Gasteiger partial charge in [0.1, 0.15) is 0 Å². The molecule has 226 valence electrons. The lowest BCUT2D eigenvalue weighted by Gasteiger charge is -2.15. The highest BCUT2D eigenvalue weighted by Crippen LogP contribution is 2.38. The van der Waals surface area contributed by atoms with Gasteiger partial charge in [-0.05, 0) is 93.2 Å². The van der Waals surface area contributed by atoms with Crippen molar-refractivity contribution in [3.8, 4) is 32.8 Å². The molecule has 0 radical (unpaired) electrons. The van der Waals surface area contributed by atoms with E-state index in [-0.39, 0.29) is 5.41 Å². The minimum absolute atomic E-state index is 0.116. The molecule has 0 aliphatic carbocycles. The molecule has 0 spiro atoms. The van der Waals surface area contributed by atoms with Gasteiger partial charge in [0.15, 0.2) is 0 Å². The summed E-state index contributed by atoms with van der Waals surface area (Å²) in [6.45, 7) is 11.2. The molecule has 0 amide bonds. The van der Waals surface area contributed by atoms with Gasteiger partial charge in [0, 0.05) is 21.3 Å². The molecule has 7 rings (SSSR count). The van der Waals surface area contributed by atoms with Crippen molar-refractivity contribution in [2.24, 2.45) is 0 Å². The molecule has 0 aliphatic heterocycles. The van der Waals surface area contributed by atoms with Crippen molar-refractivity contribution in [3.05, 3.63) is 143 Å². The van der Waals surface area contributed by atoms with Gasteiger partial charge in [0.05, 0.1) is 21.6 Å². The van der Waals surface area contributed by atoms with Crippen LogP contribution in [0.1, 0.15) is 62.2 Å². The first-order valence-corrected chi connectivity index (χ1v) is 16.8. The lowest BCUT2D eigenvalue weighted by Crippen LogP contribution is -2.07. The SMILES string of the molecule is CC(C)c1cc(-c2ccccc2)c2cc(/C=C/c3ccc4nc(-c5ccc(C(C)(C)C)s5)cc(-c5ccccc5)c4c3)ccc2n1. The van der Waals surface area contributed by atoms with E-state index in [9.17, 15) is 0 Å². The minimum Gasteiger partial charge on any atom is -0.253 e. The van der Waals surface area contributed by atoms with E-state index in [0.29, 0.717) is 5.92 Å². The Hall–Kier alpha value is -4.86. The average Bonchev–Trinajstić information content (AvgIpc) is 3.59.